The van der Waals surface area contributed by atoms with E-state index >= 15 is 0 Å². The van der Waals surface area contributed by atoms with Gasteiger partial charge in [0.25, 0.3) is 0 Å². The fraction of sp³-hybridized carbons (Fsp3) is 0.750. The van der Waals surface area contributed by atoms with Crippen molar-refractivity contribution in [3.8, 4) is 0 Å². The van der Waals surface area contributed by atoms with Crippen LogP contribution in [-0.2, 0) is 14.6 Å². The van der Waals surface area contributed by atoms with E-state index in [9.17, 15) is 4.79 Å². The molecule has 3 aliphatic rings. The molecule has 0 aromatic carbocycles. The van der Waals surface area contributed by atoms with Gasteiger partial charge in [-0.1, -0.05) is 20.8 Å². The molecule has 0 N–H and O–H groups in total. The molecule has 5 nitrogen and oxygen atoms in total. The summed E-state index contributed by atoms with van der Waals surface area (Å²) in [6.07, 6.45) is 6.59. The molecule has 2 aliphatic carbocycles. The number of anilines is 1. The first-order chi connectivity index (χ1) is 12.8. The minimum absolute atomic E-state index is 0.0335. The van der Waals surface area contributed by atoms with Gasteiger partial charge in [-0.25, -0.2) is 4.98 Å². The predicted molar refractivity (Wildman–Crippen MR) is 110 cm³/mol. The lowest BCUT2D eigenvalue weighted by atomic mass is 9.98. The lowest BCUT2D eigenvalue weighted by molar-refractivity contribution is -0.121. The van der Waals surface area contributed by atoms with Gasteiger partial charge in [0.15, 0.2) is 8.32 Å². The maximum absolute atomic E-state index is 13.5. The van der Waals surface area contributed by atoms with Gasteiger partial charge in [0.05, 0.1) is 17.1 Å². The van der Waals surface area contributed by atoms with Crippen LogP contribution in [0.15, 0.2) is 6.20 Å². The second-order valence-electron chi connectivity index (χ2n) is 8.70. The number of aromatic nitrogens is 2. The molecule has 27 heavy (non-hydrogen) atoms. The fourth-order valence-electron chi connectivity index (χ4n) is 5.31. The first-order valence-corrected chi connectivity index (χ1v) is 13.3. The molecule has 2 fully saturated rings. The summed E-state index contributed by atoms with van der Waals surface area (Å²) in [6.45, 7) is 9.00. The van der Waals surface area contributed by atoms with Crippen LogP contribution in [-0.4, -0.2) is 35.8 Å². The molecule has 0 saturated heterocycles. The summed E-state index contributed by atoms with van der Waals surface area (Å²) in [7, 11) is -1.79. The van der Waals surface area contributed by atoms with E-state index < -0.39 is 13.7 Å². The molecule has 1 amide bonds. The van der Waals surface area contributed by atoms with Gasteiger partial charge in [-0.2, -0.15) is 4.98 Å². The molecule has 1 aliphatic heterocycles. The van der Waals surface area contributed by atoms with Crippen LogP contribution in [0.3, 0.4) is 0 Å². The first kappa shape index (κ1) is 19.3. The van der Waals surface area contributed by atoms with E-state index in [1.54, 1.807) is 6.20 Å². The van der Waals surface area contributed by atoms with Crippen molar-refractivity contribution in [3.05, 3.63) is 17.0 Å². The molecule has 148 valence electrons. The van der Waals surface area contributed by atoms with Crippen molar-refractivity contribution in [2.75, 3.05) is 4.90 Å². The number of nitrogens with zero attached hydrogens (tertiary/aromatic N) is 3. The third kappa shape index (κ3) is 2.78. The first-order valence-electron chi connectivity index (χ1n) is 10.4. The number of halogens is 1. The normalized spacial score (nSPS) is 28.9. The Hall–Kier alpha value is -0.983. The number of amides is 1. The Kier molecular flexibility index (Phi) is 4.68. The highest BCUT2D eigenvalue weighted by Gasteiger charge is 2.63. The summed E-state index contributed by atoms with van der Waals surface area (Å²) in [5, 5.41) is 0.212. The minimum atomic E-state index is -1.79. The monoisotopic (exact) mass is 407 g/mol. The molecule has 2 heterocycles. The van der Waals surface area contributed by atoms with E-state index in [2.05, 4.69) is 37.7 Å². The summed E-state index contributed by atoms with van der Waals surface area (Å²) in [5.74, 6) is 0.920. The average molecular weight is 408 g/mol. The molecule has 0 bridgehead atoms. The quantitative estimate of drug-likeness (QED) is 0.500. The SMILES string of the molecule is CC[Si](CC)(CC)O[C@]1(C)CCC[C@@H]1N1C(=O)C2(CC2)c2cnc(Cl)nc21. The maximum atomic E-state index is 13.5. The van der Waals surface area contributed by atoms with Crippen LogP contribution in [0.1, 0.15) is 65.4 Å². The highest BCUT2D eigenvalue weighted by atomic mass is 35.5. The van der Waals surface area contributed by atoms with Crippen molar-refractivity contribution < 1.29 is 9.22 Å². The number of hydrogen-bond acceptors (Lipinski definition) is 4. The van der Waals surface area contributed by atoms with E-state index in [1.165, 1.54) is 0 Å². The molecule has 2 saturated carbocycles. The predicted octanol–water partition coefficient (Wildman–Crippen LogP) is 4.84. The van der Waals surface area contributed by atoms with Crippen LogP contribution >= 0.6 is 11.6 Å². The topological polar surface area (TPSA) is 55.3 Å². The number of hydrogen-bond donors (Lipinski definition) is 0. The zero-order valence-electron chi connectivity index (χ0n) is 16.8. The maximum Gasteiger partial charge on any atom is 0.239 e. The Morgan fingerprint density at radius 3 is 2.52 bits per heavy atom. The Morgan fingerprint density at radius 1 is 1.26 bits per heavy atom. The molecule has 7 heteroatoms. The van der Waals surface area contributed by atoms with Crippen molar-refractivity contribution in [2.45, 2.75) is 95.0 Å². The second kappa shape index (κ2) is 6.53. The van der Waals surface area contributed by atoms with Gasteiger partial charge >= 0.3 is 0 Å². The lowest BCUT2D eigenvalue weighted by Crippen LogP contribution is -2.56. The molecule has 1 aromatic heterocycles. The van der Waals surface area contributed by atoms with Gasteiger partial charge in [0.1, 0.15) is 5.82 Å². The van der Waals surface area contributed by atoms with Gasteiger partial charge in [0.2, 0.25) is 11.2 Å². The van der Waals surface area contributed by atoms with Crippen LogP contribution in [0, 0.1) is 0 Å². The van der Waals surface area contributed by atoms with Crippen LogP contribution in [0.2, 0.25) is 23.4 Å². The van der Waals surface area contributed by atoms with E-state index in [0.717, 1.165) is 61.6 Å². The van der Waals surface area contributed by atoms with Crippen molar-refractivity contribution in [1.29, 1.82) is 0 Å². The highest BCUT2D eigenvalue weighted by molar-refractivity contribution is 6.73. The van der Waals surface area contributed by atoms with Crippen LogP contribution < -0.4 is 4.90 Å². The number of carbonyl (C=O) groups is 1. The van der Waals surface area contributed by atoms with Gasteiger partial charge in [-0.3, -0.25) is 9.69 Å². The zero-order valence-corrected chi connectivity index (χ0v) is 18.6. The molecule has 1 spiro atoms. The third-order valence-electron chi connectivity index (χ3n) is 7.41. The smallest absolute Gasteiger partial charge is 0.239 e. The summed E-state index contributed by atoms with van der Waals surface area (Å²) in [5.41, 5.74) is 0.271. The molecule has 0 radical (unpaired) electrons. The number of rotatable bonds is 6. The summed E-state index contributed by atoms with van der Waals surface area (Å²) < 4.78 is 7.01. The fourth-order valence-corrected chi connectivity index (χ4v) is 8.60. The van der Waals surface area contributed by atoms with E-state index in [4.69, 9.17) is 16.0 Å². The zero-order chi connectivity index (χ0) is 19.4. The Bertz CT molecular complexity index is 757. The van der Waals surface area contributed by atoms with Crippen molar-refractivity contribution in [1.82, 2.24) is 9.97 Å². The lowest BCUT2D eigenvalue weighted by Gasteiger charge is -2.44. The number of fused-ring (bicyclic) bond motifs is 2. The Labute approximate surface area is 168 Å². The Morgan fingerprint density at radius 2 is 1.93 bits per heavy atom. The summed E-state index contributed by atoms with van der Waals surface area (Å²) >= 11 is 6.12. The van der Waals surface area contributed by atoms with Crippen LogP contribution in [0.25, 0.3) is 0 Å². The average Bonchev–Trinajstić information content (AvgIpc) is 3.34. The van der Waals surface area contributed by atoms with E-state index in [1.807, 2.05) is 4.90 Å². The van der Waals surface area contributed by atoms with Gasteiger partial charge in [-0.05, 0) is 68.8 Å². The third-order valence-corrected chi connectivity index (χ3v) is 12.4. The molecular weight excluding hydrogens is 378 g/mol. The van der Waals surface area contributed by atoms with Crippen molar-refractivity contribution in [3.63, 3.8) is 0 Å². The van der Waals surface area contributed by atoms with Crippen LogP contribution in [0.4, 0.5) is 5.82 Å². The van der Waals surface area contributed by atoms with Crippen molar-refractivity contribution in [2.24, 2.45) is 0 Å². The number of carbonyl (C=O) groups excluding carboxylic acids is 1. The summed E-state index contributed by atoms with van der Waals surface area (Å²) in [4.78, 5) is 24.1. The largest absolute Gasteiger partial charge is 0.410 e. The van der Waals surface area contributed by atoms with E-state index in [-0.39, 0.29) is 22.8 Å². The van der Waals surface area contributed by atoms with Crippen molar-refractivity contribution >= 4 is 31.6 Å². The molecule has 1 aromatic rings. The van der Waals surface area contributed by atoms with Crippen LogP contribution in [0.5, 0.6) is 0 Å². The van der Waals surface area contributed by atoms with Gasteiger partial charge in [-0.15, -0.1) is 0 Å². The minimum Gasteiger partial charge on any atom is -0.410 e. The molecular formula is C20H30ClN3O2Si. The second-order valence-corrected chi connectivity index (χ2v) is 13.7. The highest BCUT2D eigenvalue weighted by Crippen LogP contribution is 2.58. The Balaban J connectivity index is 1.72. The van der Waals surface area contributed by atoms with Gasteiger partial charge in [0, 0.05) is 11.8 Å². The molecule has 2 atom stereocenters. The molecule has 4 rings (SSSR count). The molecule has 0 unspecified atom stereocenters. The van der Waals surface area contributed by atoms with E-state index in [0.29, 0.717) is 0 Å². The van der Waals surface area contributed by atoms with Gasteiger partial charge < -0.3 is 4.43 Å². The summed E-state index contributed by atoms with van der Waals surface area (Å²) in [6, 6.07) is 3.38. The standard InChI is InChI=1S/C20H30ClN3O2Si/c1-5-27(6-2,7-3)26-19(4)10-8-9-15(19)24-16-14(13-22-18(21)23-16)20(11-12-20)17(24)25/h13,15H,5-12H2,1-4H3/t15-,19+/m0/s1.